The number of carbonyl (C=O) groups is 1. The van der Waals surface area contributed by atoms with Crippen molar-refractivity contribution in [3.8, 4) is 17.3 Å². The fourth-order valence-corrected chi connectivity index (χ4v) is 3.68. The third-order valence-electron chi connectivity index (χ3n) is 4.62. The SMILES string of the molecule is COc1ccc(C(NC(=O)CSc2nnc(-c3ccco3)n2N)C2CC2)cc1. The van der Waals surface area contributed by atoms with Gasteiger partial charge in [-0.2, -0.15) is 0 Å². The van der Waals surface area contributed by atoms with Gasteiger partial charge in [-0.3, -0.25) is 4.79 Å². The molecule has 1 aliphatic rings. The molecule has 0 saturated heterocycles. The van der Waals surface area contributed by atoms with Crippen LogP contribution < -0.4 is 15.9 Å². The summed E-state index contributed by atoms with van der Waals surface area (Å²) in [7, 11) is 1.64. The van der Waals surface area contributed by atoms with Crippen molar-refractivity contribution in [3.63, 3.8) is 0 Å². The Kier molecular flexibility index (Phi) is 5.25. The lowest BCUT2D eigenvalue weighted by atomic mass is 10.0. The van der Waals surface area contributed by atoms with E-state index in [1.54, 1.807) is 25.5 Å². The molecule has 3 N–H and O–H groups in total. The van der Waals surface area contributed by atoms with Gasteiger partial charge in [-0.15, -0.1) is 10.2 Å². The molecule has 0 spiro atoms. The van der Waals surface area contributed by atoms with Crippen LogP contribution in [-0.4, -0.2) is 33.6 Å². The van der Waals surface area contributed by atoms with Crippen LogP contribution in [0.25, 0.3) is 11.6 Å². The summed E-state index contributed by atoms with van der Waals surface area (Å²) < 4.78 is 11.8. The first-order valence-corrected chi connectivity index (χ1v) is 9.94. The number of thioether (sulfide) groups is 1. The van der Waals surface area contributed by atoms with Gasteiger partial charge in [-0.1, -0.05) is 23.9 Å². The van der Waals surface area contributed by atoms with Crippen LogP contribution in [0.15, 0.2) is 52.2 Å². The molecule has 1 unspecified atom stereocenters. The molecule has 4 rings (SSSR count). The van der Waals surface area contributed by atoms with E-state index in [-0.39, 0.29) is 17.7 Å². The van der Waals surface area contributed by atoms with E-state index in [0.29, 0.717) is 22.7 Å². The average molecular weight is 399 g/mol. The summed E-state index contributed by atoms with van der Waals surface area (Å²) >= 11 is 1.24. The fourth-order valence-electron chi connectivity index (χ4n) is 3.01. The summed E-state index contributed by atoms with van der Waals surface area (Å²) in [6.07, 6.45) is 3.78. The van der Waals surface area contributed by atoms with E-state index in [4.69, 9.17) is 15.0 Å². The van der Waals surface area contributed by atoms with Crippen LogP contribution in [-0.2, 0) is 4.79 Å². The Labute approximate surface area is 166 Å². The average Bonchev–Trinajstić information content (AvgIpc) is 3.28. The molecule has 28 heavy (non-hydrogen) atoms. The molecule has 1 aliphatic carbocycles. The number of amides is 1. The van der Waals surface area contributed by atoms with Crippen LogP contribution in [0.5, 0.6) is 5.75 Å². The van der Waals surface area contributed by atoms with Gasteiger partial charge < -0.3 is 20.3 Å². The molecule has 9 heteroatoms. The monoisotopic (exact) mass is 399 g/mol. The van der Waals surface area contributed by atoms with E-state index in [2.05, 4.69) is 15.5 Å². The van der Waals surface area contributed by atoms with E-state index in [9.17, 15) is 4.79 Å². The highest BCUT2D eigenvalue weighted by molar-refractivity contribution is 7.99. The van der Waals surface area contributed by atoms with E-state index in [1.165, 1.54) is 16.4 Å². The number of furan rings is 1. The zero-order valence-corrected chi connectivity index (χ0v) is 16.2. The number of ether oxygens (including phenoxy) is 1. The maximum absolute atomic E-state index is 12.5. The Balaban J connectivity index is 1.38. The molecule has 2 heterocycles. The van der Waals surface area contributed by atoms with Crippen LogP contribution >= 0.6 is 11.8 Å². The van der Waals surface area contributed by atoms with Gasteiger partial charge in [0.1, 0.15) is 5.75 Å². The molecule has 3 aromatic rings. The smallest absolute Gasteiger partial charge is 0.230 e. The number of carbonyl (C=O) groups excluding carboxylic acids is 1. The molecule has 0 radical (unpaired) electrons. The lowest BCUT2D eigenvalue weighted by Crippen LogP contribution is -2.31. The Bertz CT molecular complexity index is 935. The molecule has 1 amide bonds. The maximum atomic E-state index is 12.5. The second-order valence-corrected chi connectivity index (χ2v) is 7.54. The number of hydrogen-bond donors (Lipinski definition) is 2. The first-order chi connectivity index (χ1) is 13.7. The van der Waals surface area contributed by atoms with Gasteiger partial charge in [0, 0.05) is 0 Å². The number of rotatable bonds is 8. The first kappa shape index (κ1) is 18.4. The summed E-state index contributed by atoms with van der Waals surface area (Å²) in [5.41, 5.74) is 1.09. The van der Waals surface area contributed by atoms with Crippen molar-refractivity contribution in [3.05, 3.63) is 48.2 Å². The summed E-state index contributed by atoms with van der Waals surface area (Å²) in [4.78, 5) is 12.5. The van der Waals surface area contributed by atoms with Crippen LogP contribution in [0.1, 0.15) is 24.4 Å². The summed E-state index contributed by atoms with van der Waals surface area (Å²) in [6, 6.07) is 11.3. The van der Waals surface area contributed by atoms with E-state index >= 15 is 0 Å². The van der Waals surface area contributed by atoms with Crippen LogP contribution in [0.2, 0.25) is 0 Å². The molecular formula is C19H21N5O3S. The van der Waals surface area contributed by atoms with Crippen molar-refractivity contribution in [1.29, 1.82) is 0 Å². The number of nitrogens with zero attached hydrogens (tertiary/aromatic N) is 3. The van der Waals surface area contributed by atoms with Crippen molar-refractivity contribution in [2.75, 3.05) is 18.7 Å². The van der Waals surface area contributed by atoms with E-state index < -0.39 is 0 Å². The largest absolute Gasteiger partial charge is 0.497 e. The second-order valence-electron chi connectivity index (χ2n) is 6.60. The summed E-state index contributed by atoms with van der Waals surface area (Å²) in [5, 5.41) is 11.7. The number of aromatic nitrogens is 3. The number of nitrogens with one attached hydrogen (secondary N) is 1. The van der Waals surface area contributed by atoms with Gasteiger partial charge >= 0.3 is 0 Å². The molecule has 1 saturated carbocycles. The van der Waals surface area contributed by atoms with Crippen molar-refractivity contribution < 1.29 is 13.9 Å². The van der Waals surface area contributed by atoms with Crippen molar-refractivity contribution in [1.82, 2.24) is 20.2 Å². The number of methoxy groups -OCH3 is 1. The third kappa shape index (κ3) is 3.99. The van der Waals surface area contributed by atoms with E-state index in [0.717, 1.165) is 24.2 Å². The molecule has 8 nitrogen and oxygen atoms in total. The number of nitrogens with two attached hydrogens (primary N) is 1. The number of nitrogen functional groups attached to an aromatic ring is 1. The molecule has 0 aliphatic heterocycles. The molecular weight excluding hydrogens is 378 g/mol. The van der Waals surface area contributed by atoms with Gasteiger partial charge in [0.05, 0.1) is 25.2 Å². The fraction of sp³-hybridized carbons (Fsp3) is 0.316. The van der Waals surface area contributed by atoms with Crippen LogP contribution in [0.3, 0.4) is 0 Å². The normalized spacial score (nSPS) is 14.6. The Morgan fingerprint density at radius 2 is 2.14 bits per heavy atom. The Morgan fingerprint density at radius 3 is 2.79 bits per heavy atom. The standard InChI is InChI=1S/C19H21N5O3S/c1-26-14-8-6-13(7-9-14)17(12-4-5-12)21-16(25)11-28-19-23-22-18(24(19)20)15-3-2-10-27-15/h2-3,6-10,12,17H,4-5,11,20H2,1H3,(H,21,25). The quantitative estimate of drug-likeness (QED) is 0.443. The predicted octanol–water partition coefficient (Wildman–Crippen LogP) is 2.62. The van der Waals surface area contributed by atoms with Gasteiger partial charge in [0.15, 0.2) is 5.76 Å². The summed E-state index contributed by atoms with van der Waals surface area (Å²) in [5.74, 6) is 8.38. The Hall–Kier alpha value is -2.94. The highest BCUT2D eigenvalue weighted by Gasteiger charge is 2.33. The van der Waals surface area contributed by atoms with Gasteiger partial charge in [-0.25, -0.2) is 4.68 Å². The number of benzene rings is 1. The molecule has 0 bridgehead atoms. The zero-order chi connectivity index (χ0) is 19.5. The lowest BCUT2D eigenvalue weighted by molar-refractivity contribution is -0.119. The predicted molar refractivity (Wildman–Crippen MR) is 105 cm³/mol. The summed E-state index contributed by atoms with van der Waals surface area (Å²) in [6.45, 7) is 0. The van der Waals surface area contributed by atoms with Gasteiger partial charge in [-0.05, 0) is 48.6 Å². The van der Waals surface area contributed by atoms with Crippen LogP contribution in [0.4, 0.5) is 0 Å². The topological polar surface area (TPSA) is 108 Å². The lowest BCUT2D eigenvalue weighted by Gasteiger charge is -2.19. The molecule has 146 valence electrons. The van der Waals surface area contributed by atoms with Crippen molar-refractivity contribution >= 4 is 17.7 Å². The van der Waals surface area contributed by atoms with Crippen LogP contribution in [0, 0.1) is 5.92 Å². The second kappa shape index (κ2) is 7.97. The highest BCUT2D eigenvalue weighted by atomic mass is 32.2. The molecule has 1 atom stereocenters. The van der Waals surface area contributed by atoms with Crippen molar-refractivity contribution in [2.45, 2.75) is 24.0 Å². The minimum Gasteiger partial charge on any atom is -0.497 e. The molecule has 2 aromatic heterocycles. The van der Waals surface area contributed by atoms with Crippen molar-refractivity contribution in [2.24, 2.45) is 5.92 Å². The minimum atomic E-state index is -0.0692. The van der Waals surface area contributed by atoms with Gasteiger partial charge in [0.25, 0.3) is 0 Å². The van der Waals surface area contributed by atoms with E-state index in [1.807, 2.05) is 24.3 Å². The zero-order valence-electron chi connectivity index (χ0n) is 15.4. The minimum absolute atomic E-state index is 0.00781. The highest BCUT2D eigenvalue weighted by Crippen LogP contribution is 2.41. The molecule has 1 fully saturated rings. The molecule has 1 aromatic carbocycles. The Morgan fingerprint density at radius 1 is 1.36 bits per heavy atom. The van der Waals surface area contributed by atoms with Gasteiger partial charge in [0.2, 0.25) is 16.9 Å². The number of hydrogen-bond acceptors (Lipinski definition) is 7. The first-order valence-electron chi connectivity index (χ1n) is 8.96. The third-order valence-corrected chi connectivity index (χ3v) is 5.57. The maximum Gasteiger partial charge on any atom is 0.230 e.